The van der Waals surface area contributed by atoms with Crippen molar-refractivity contribution in [1.29, 1.82) is 0 Å². The molecule has 7 heteroatoms. The zero-order chi connectivity index (χ0) is 19.4. The highest BCUT2D eigenvalue weighted by molar-refractivity contribution is 6.30. The van der Waals surface area contributed by atoms with Gasteiger partial charge in [-0.25, -0.2) is 0 Å². The number of likely N-dealkylation sites (N-methyl/N-ethyl adjacent to an activating group) is 1. The third kappa shape index (κ3) is 5.00. The average Bonchev–Trinajstić information content (AvgIpc) is 2.62. The van der Waals surface area contributed by atoms with Gasteiger partial charge in [0.2, 0.25) is 11.8 Å². The van der Waals surface area contributed by atoms with E-state index in [9.17, 15) is 14.7 Å². The van der Waals surface area contributed by atoms with Crippen LogP contribution in [0.5, 0.6) is 0 Å². The van der Waals surface area contributed by atoms with Crippen LogP contribution in [0.3, 0.4) is 0 Å². The van der Waals surface area contributed by atoms with E-state index in [0.29, 0.717) is 57.0 Å². The van der Waals surface area contributed by atoms with Crippen molar-refractivity contribution >= 4 is 23.4 Å². The first-order chi connectivity index (χ1) is 12.9. The van der Waals surface area contributed by atoms with Crippen molar-refractivity contribution in [2.75, 3.05) is 39.8 Å². The maximum Gasteiger partial charge on any atom is 0.234 e. The fraction of sp³-hybridized carbons (Fsp3) is 0.600. The van der Waals surface area contributed by atoms with Crippen molar-refractivity contribution in [3.63, 3.8) is 0 Å². The van der Waals surface area contributed by atoms with E-state index in [0.717, 1.165) is 12.0 Å². The Balaban J connectivity index is 1.42. The summed E-state index contributed by atoms with van der Waals surface area (Å²) < 4.78 is 0. The van der Waals surface area contributed by atoms with Crippen LogP contribution < -0.4 is 5.32 Å². The molecule has 1 spiro atoms. The zero-order valence-electron chi connectivity index (χ0n) is 15.8. The van der Waals surface area contributed by atoms with Crippen LogP contribution in [-0.2, 0) is 16.0 Å². The van der Waals surface area contributed by atoms with E-state index >= 15 is 0 Å². The number of benzene rings is 1. The van der Waals surface area contributed by atoms with Gasteiger partial charge in [-0.15, -0.1) is 0 Å². The van der Waals surface area contributed by atoms with Gasteiger partial charge in [-0.2, -0.15) is 0 Å². The topological polar surface area (TPSA) is 72.9 Å². The summed E-state index contributed by atoms with van der Waals surface area (Å²) in [4.78, 5) is 28.5. The molecular formula is C20H28ClN3O3. The molecule has 148 valence electrons. The van der Waals surface area contributed by atoms with Gasteiger partial charge in [0, 0.05) is 25.2 Å². The molecule has 1 atom stereocenters. The van der Waals surface area contributed by atoms with Crippen LogP contribution in [0.4, 0.5) is 0 Å². The molecule has 2 aliphatic rings. The number of halogens is 1. The minimum Gasteiger partial charge on any atom is -0.391 e. The molecule has 2 fully saturated rings. The van der Waals surface area contributed by atoms with E-state index in [2.05, 4.69) is 10.2 Å². The first kappa shape index (κ1) is 20.1. The normalized spacial score (nSPS) is 22.9. The van der Waals surface area contributed by atoms with Crippen molar-refractivity contribution < 1.29 is 14.7 Å². The number of piperidine rings is 2. The number of likely N-dealkylation sites (tertiary alicyclic amines) is 2. The predicted molar refractivity (Wildman–Crippen MR) is 105 cm³/mol. The summed E-state index contributed by atoms with van der Waals surface area (Å²) in [5.74, 6) is 0.138. The Kier molecular flexibility index (Phi) is 6.40. The van der Waals surface area contributed by atoms with Crippen molar-refractivity contribution in [2.24, 2.45) is 5.41 Å². The monoisotopic (exact) mass is 393 g/mol. The highest BCUT2D eigenvalue weighted by atomic mass is 35.5. The molecular weight excluding hydrogens is 366 g/mol. The quantitative estimate of drug-likeness (QED) is 0.791. The van der Waals surface area contributed by atoms with Crippen LogP contribution >= 0.6 is 11.6 Å². The number of carbonyl (C=O) groups excluding carboxylic acids is 2. The minimum atomic E-state index is -0.452. The van der Waals surface area contributed by atoms with E-state index < -0.39 is 11.5 Å². The Hall–Kier alpha value is -1.63. The van der Waals surface area contributed by atoms with Gasteiger partial charge in [0.15, 0.2) is 0 Å². The third-order valence-electron chi connectivity index (χ3n) is 5.72. The van der Waals surface area contributed by atoms with Gasteiger partial charge in [-0.1, -0.05) is 23.7 Å². The maximum absolute atomic E-state index is 12.6. The summed E-state index contributed by atoms with van der Waals surface area (Å²) in [6, 6.07) is 7.64. The molecule has 0 saturated carbocycles. The molecule has 0 aliphatic carbocycles. The lowest BCUT2D eigenvalue weighted by Crippen LogP contribution is -2.56. The fourth-order valence-electron chi connectivity index (χ4n) is 4.26. The minimum absolute atomic E-state index is 0.0000940. The lowest BCUT2D eigenvalue weighted by atomic mass is 9.71. The van der Waals surface area contributed by atoms with E-state index in [4.69, 9.17) is 11.6 Å². The highest BCUT2D eigenvalue weighted by Crippen LogP contribution is 2.40. The Labute approximate surface area is 165 Å². The van der Waals surface area contributed by atoms with Gasteiger partial charge in [0.25, 0.3) is 0 Å². The van der Waals surface area contributed by atoms with E-state index in [1.807, 2.05) is 24.3 Å². The van der Waals surface area contributed by atoms with Crippen LogP contribution in [-0.4, -0.2) is 72.6 Å². The number of aliphatic hydroxyl groups is 1. The number of rotatable bonds is 5. The van der Waals surface area contributed by atoms with Crippen molar-refractivity contribution in [2.45, 2.75) is 31.8 Å². The van der Waals surface area contributed by atoms with Crippen molar-refractivity contribution in [1.82, 2.24) is 15.1 Å². The molecule has 0 bridgehead atoms. The van der Waals surface area contributed by atoms with E-state index in [-0.39, 0.29) is 11.8 Å². The van der Waals surface area contributed by atoms with E-state index in [1.54, 1.807) is 11.9 Å². The van der Waals surface area contributed by atoms with E-state index in [1.165, 1.54) is 0 Å². The number of amides is 2. The second-order valence-corrected chi connectivity index (χ2v) is 8.27. The lowest BCUT2D eigenvalue weighted by Gasteiger charge is -2.46. The number of β-amino-alcohol motifs (C(OH)–C–C–N with tert-alkyl or cyclic N) is 1. The van der Waals surface area contributed by atoms with Crippen molar-refractivity contribution in [3.8, 4) is 0 Å². The largest absolute Gasteiger partial charge is 0.391 e. The second kappa shape index (κ2) is 8.59. The van der Waals surface area contributed by atoms with Gasteiger partial charge in [-0.3, -0.25) is 14.5 Å². The Morgan fingerprint density at radius 1 is 1.37 bits per heavy atom. The summed E-state index contributed by atoms with van der Waals surface area (Å²) >= 11 is 5.97. The molecule has 0 radical (unpaired) electrons. The van der Waals surface area contributed by atoms with Crippen LogP contribution in [0.2, 0.25) is 5.02 Å². The Morgan fingerprint density at radius 3 is 2.81 bits per heavy atom. The van der Waals surface area contributed by atoms with Crippen LogP contribution in [0.15, 0.2) is 24.3 Å². The summed E-state index contributed by atoms with van der Waals surface area (Å²) in [7, 11) is 1.76. The number of hydrogen-bond donors (Lipinski definition) is 2. The molecule has 2 heterocycles. The first-order valence-corrected chi connectivity index (χ1v) is 9.93. The number of nitrogens with one attached hydrogen (secondary N) is 1. The highest BCUT2D eigenvalue weighted by Gasteiger charge is 2.47. The van der Waals surface area contributed by atoms with Gasteiger partial charge >= 0.3 is 0 Å². The van der Waals surface area contributed by atoms with Gasteiger partial charge < -0.3 is 15.3 Å². The summed E-state index contributed by atoms with van der Waals surface area (Å²) in [5, 5.41) is 13.7. The molecule has 2 saturated heterocycles. The standard InChI is InChI=1S/C20H28ClN3O3/c1-23-13-17(25)12-20(19(23)27)6-9-24(10-7-20)14-18(26)22-8-5-15-3-2-4-16(21)11-15/h2-4,11,17,25H,5-10,12-14H2,1H3,(H,22,26). The van der Waals surface area contributed by atoms with Crippen molar-refractivity contribution in [3.05, 3.63) is 34.9 Å². The first-order valence-electron chi connectivity index (χ1n) is 9.55. The van der Waals surface area contributed by atoms with Gasteiger partial charge in [0.1, 0.15) is 0 Å². The Morgan fingerprint density at radius 2 is 2.11 bits per heavy atom. The molecule has 2 N–H and O–H groups in total. The van der Waals surface area contributed by atoms with Gasteiger partial charge in [-0.05, 0) is 56.5 Å². The zero-order valence-corrected chi connectivity index (χ0v) is 16.5. The van der Waals surface area contributed by atoms with Crippen LogP contribution in [0.25, 0.3) is 0 Å². The number of hydrogen-bond acceptors (Lipinski definition) is 4. The third-order valence-corrected chi connectivity index (χ3v) is 5.95. The van der Waals surface area contributed by atoms with Crippen LogP contribution in [0, 0.1) is 5.41 Å². The van der Waals surface area contributed by atoms with Gasteiger partial charge in [0.05, 0.1) is 18.1 Å². The SMILES string of the molecule is CN1CC(O)CC2(CCN(CC(=O)NCCc3cccc(Cl)c3)CC2)C1=O. The molecule has 6 nitrogen and oxygen atoms in total. The molecule has 2 amide bonds. The molecule has 27 heavy (non-hydrogen) atoms. The molecule has 3 rings (SSSR count). The Bertz CT molecular complexity index is 689. The molecule has 1 unspecified atom stereocenters. The summed E-state index contributed by atoms with van der Waals surface area (Å²) in [6.45, 7) is 2.74. The number of aliphatic hydroxyl groups excluding tert-OH is 1. The summed E-state index contributed by atoms with van der Waals surface area (Å²) in [6.07, 6.45) is 2.23. The predicted octanol–water partition coefficient (Wildman–Crippen LogP) is 1.30. The van der Waals surface area contributed by atoms with Crippen LogP contribution in [0.1, 0.15) is 24.8 Å². The maximum atomic E-state index is 12.6. The number of nitrogens with zero attached hydrogens (tertiary/aromatic N) is 2. The molecule has 2 aliphatic heterocycles. The summed E-state index contributed by atoms with van der Waals surface area (Å²) in [5.41, 5.74) is 0.646. The smallest absolute Gasteiger partial charge is 0.234 e. The molecule has 1 aromatic carbocycles. The average molecular weight is 394 g/mol. The number of carbonyl (C=O) groups is 2. The second-order valence-electron chi connectivity index (χ2n) is 7.83. The lowest BCUT2D eigenvalue weighted by molar-refractivity contribution is -0.154. The molecule has 0 aromatic heterocycles. The fourth-order valence-corrected chi connectivity index (χ4v) is 4.47. The molecule has 1 aromatic rings.